The normalized spacial score (nSPS) is 16.9. The zero-order valence-electron chi connectivity index (χ0n) is 16.5. The Morgan fingerprint density at radius 3 is 2.93 bits per heavy atom. The molecule has 4 N–H and O–H groups in total. The zero-order valence-corrected chi connectivity index (χ0v) is 16.5. The molecule has 7 heteroatoms. The third kappa shape index (κ3) is 3.07. The van der Waals surface area contributed by atoms with E-state index in [2.05, 4.69) is 50.7 Å². The van der Waals surface area contributed by atoms with Crippen LogP contribution >= 0.6 is 0 Å². The van der Waals surface area contributed by atoms with E-state index in [1.807, 2.05) is 24.4 Å². The summed E-state index contributed by atoms with van der Waals surface area (Å²) >= 11 is 0. The number of benzene rings is 1. The molecule has 3 aromatic heterocycles. The average Bonchev–Trinajstić information content (AvgIpc) is 3.45. The fraction of sp³-hybridized carbons (Fsp3) is 0.318. The van der Waals surface area contributed by atoms with Gasteiger partial charge in [-0.25, -0.2) is 4.98 Å². The molecule has 1 aromatic carbocycles. The van der Waals surface area contributed by atoms with Crippen LogP contribution in [0.1, 0.15) is 31.7 Å². The largest absolute Gasteiger partial charge is 0.354 e. The van der Waals surface area contributed by atoms with Crippen LogP contribution in [0.2, 0.25) is 0 Å². The molecule has 0 unspecified atom stereocenters. The number of fused-ring (bicyclic) bond motifs is 2. The Morgan fingerprint density at radius 1 is 1.24 bits per heavy atom. The minimum absolute atomic E-state index is 0.0447. The Hall–Kier alpha value is -3.19. The topological polar surface area (TPSA) is 98.5 Å². The summed E-state index contributed by atoms with van der Waals surface area (Å²) in [5, 5.41) is 15.6. The summed E-state index contributed by atoms with van der Waals surface area (Å²) in [6.45, 7) is 6.04. The third-order valence-corrected chi connectivity index (χ3v) is 5.74. The molecule has 1 fully saturated rings. The second-order valence-electron chi connectivity index (χ2n) is 8.00. The molecule has 0 bridgehead atoms. The number of anilines is 1. The molecule has 0 radical (unpaired) electrons. The molecule has 1 aliphatic rings. The van der Waals surface area contributed by atoms with Crippen molar-refractivity contribution in [2.24, 2.45) is 5.92 Å². The van der Waals surface area contributed by atoms with Gasteiger partial charge in [0.2, 0.25) is 5.91 Å². The highest BCUT2D eigenvalue weighted by atomic mass is 16.1. The van der Waals surface area contributed by atoms with E-state index in [9.17, 15) is 4.79 Å². The Kier molecular flexibility index (Phi) is 4.32. The molecule has 148 valence electrons. The van der Waals surface area contributed by atoms with Crippen LogP contribution in [0, 0.1) is 5.92 Å². The van der Waals surface area contributed by atoms with Crippen molar-refractivity contribution in [2.75, 3.05) is 18.4 Å². The lowest BCUT2D eigenvalue weighted by molar-refractivity contribution is -0.119. The Balaban J connectivity index is 1.60. The fourth-order valence-electron chi connectivity index (χ4n) is 4.29. The van der Waals surface area contributed by atoms with Crippen LogP contribution in [0.15, 0.2) is 36.7 Å². The number of pyridine rings is 1. The van der Waals surface area contributed by atoms with E-state index in [1.165, 1.54) is 5.56 Å². The van der Waals surface area contributed by atoms with Crippen molar-refractivity contribution in [3.8, 4) is 11.3 Å². The molecule has 29 heavy (non-hydrogen) atoms. The first-order valence-electron chi connectivity index (χ1n) is 10.1. The summed E-state index contributed by atoms with van der Waals surface area (Å²) in [4.78, 5) is 20.5. The maximum absolute atomic E-state index is 12.5. The van der Waals surface area contributed by atoms with Crippen LogP contribution in [0.4, 0.5) is 5.69 Å². The number of nitrogens with one attached hydrogen (secondary N) is 4. The number of rotatable bonds is 4. The van der Waals surface area contributed by atoms with Crippen LogP contribution in [-0.2, 0) is 4.79 Å². The van der Waals surface area contributed by atoms with Crippen LogP contribution in [0.5, 0.6) is 0 Å². The van der Waals surface area contributed by atoms with E-state index in [0.29, 0.717) is 5.92 Å². The van der Waals surface area contributed by atoms with Gasteiger partial charge < -0.3 is 15.6 Å². The first kappa shape index (κ1) is 17.9. The quantitative estimate of drug-likeness (QED) is 0.428. The van der Waals surface area contributed by atoms with Gasteiger partial charge in [0.25, 0.3) is 0 Å². The fourth-order valence-corrected chi connectivity index (χ4v) is 4.29. The Bertz CT molecular complexity index is 1200. The van der Waals surface area contributed by atoms with Crippen molar-refractivity contribution in [3.63, 3.8) is 0 Å². The molecule has 4 aromatic rings. The van der Waals surface area contributed by atoms with Crippen molar-refractivity contribution in [1.29, 1.82) is 0 Å². The molecule has 1 amide bonds. The molecule has 0 saturated carbocycles. The number of hydrogen-bond donors (Lipinski definition) is 4. The number of amides is 1. The number of carbonyl (C=O) groups excluding carboxylic acids is 1. The van der Waals surface area contributed by atoms with Crippen LogP contribution in [-0.4, -0.2) is 39.2 Å². The lowest BCUT2D eigenvalue weighted by Gasteiger charge is -2.11. The van der Waals surface area contributed by atoms with Gasteiger partial charge in [0.1, 0.15) is 0 Å². The Labute approximate surface area is 168 Å². The van der Waals surface area contributed by atoms with Gasteiger partial charge in [-0.05, 0) is 48.7 Å². The highest BCUT2D eigenvalue weighted by Crippen LogP contribution is 2.38. The SMILES string of the molecule is CC(C)c1c(-c2ccnc3[nH]ncc23)[nH]c2ccc(NC(=O)[C@@H]3CCNC3)cc12. The monoisotopic (exact) mass is 388 g/mol. The number of hydrogen-bond acceptors (Lipinski definition) is 4. The van der Waals surface area contributed by atoms with E-state index in [1.54, 1.807) is 6.20 Å². The van der Waals surface area contributed by atoms with Crippen LogP contribution < -0.4 is 10.6 Å². The van der Waals surface area contributed by atoms with E-state index < -0.39 is 0 Å². The summed E-state index contributed by atoms with van der Waals surface area (Å²) in [7, 11) is 0. The molecule has 7 nitrogen and oxygen atoms in total. The molecule has 0 aliphatic carbocycles. The summed E-state index contributed by atoms with van der Waals surface area (Å²) in [6.07, 6.45) is 4.50. The highest BCUT2D eigenvalue weighted by molar-refractivity contribution is 6.01. The van der Waals surface area contributed by atoms with E-state index in [4.69, 9.17) is 0 Å². The van der Waals surface area contributed by atoms with Gasteiger partial charge in [-0.15, -0.1) is 0 Å². The van der Waals surface area contributed by atoms with E-state index in [0.717, 1.165) is 58.4 Å². The molecular weight excluding hydrogens is 364 g/mol. The van der Waals surface area contributed by atoms with Crippen molar-refractivity contribution in [1.82, 2.24) is 25.5 Å². The van der Waals surface area contributed by atoms with E-state index >= 15 is 0 Å². The summed E-state index contributed by atoms with van der Waals surface area (Å²) in [5.41, 5.74) is 6.04. The van der Waals surface area contributed by atoms with Crippen LogP contribution in [0.25, 0.3) is 33.2 Å². The van der Waals surface area contributed by atoms with Gasteiger partial charge in [0.05, 0.1) is 17.8 Å². The van der Waals surface area contributed by atoms with Crippen LogP contribution in [0.3, 0.4) is 0 Å². The molecule has 0 spiro atoms. The summed E-state index contributed by atoms with van der Waals surface area (Å²) in [6, 6.07) is 8.11. The van der Waals surface area contributed by atoms with Crippen molar-refractivity contribution in [2.45, 2.75) is 26.2 Å². The molecule has 5 rings (SSSR count). The van der Waals surface area contributed by atoms with Gasteiger partial charge in [-0.2, -0.15) is 5.10 Å². The van der Waals surface area contributed by atoms with Gasteiger partial charge >= 0.3 is 0 Å². The smallest absolute Gasteiger partial charge is 0.228 e. The second-order valence-corrected chi connectivity index (χ2v) is 8.00. The van der Waals surface area contributed by atoms with Crippen molar-refractivity contribution in [3.05, 3.63) is 42.2 Å². The minimum Gasteiger partial charge on any atom is -0.354 e. The summed E-state index contributed by atoms with van der Waals surface area (Å²) in [5.74, 6) is 0.438. The standard InChI is InChI=1S/C22H24N6O/c1-12(2)19-16-9-14(26-22(29)13-5-7-23-10-13)3-4-18(16)27-20(19)15-6-8-24-21-17(15)11-25-28-21/h3-4,6,8-9,11-13,23,27H,5,7,10H2,1-2H3,(H,26,29)(H,24,25,28)/t13-/m1/s1. The minimum atomic E-state index is 0.0447. The summed E-state index contributed by atoms with van der Waals surface area (Å²) < 4.78 is 0. The third-order valence-electron chi connectivity index (χ3n) is 5.74. The predicted octanol–water partition coefficient (Wildman–Crippen LogP) is 3.78. The number of aromatic nitrogens is 4. The van der Waals surface area contributed by atoms with Crippen molar-refractivity contribution < 1.29 is 4.79 Å². The Morgan fingerprint density at radius 2 is 2.14 bits per heavy atom. The molecule has 1 saturated heterocycles. The van der Waals surface area contributed by atoms with Gasteiger partial charge in [0.15, 0.2) is 5.65 Å². The lowest BCUT2D eigenvalue weighted by Crippen LogP contribution is -2.24. The van der Waals surface area contributed by atoms with Gasteiger partial charge in [0, 0.05) is 40.3 Å². The number of aromatic amines is 2. The van der Waals surface area contributed by atoms with E-state index in [-0.39, 0.29) is 11.8 Å². The maximum Gasteiger partial charge on any atom is 0.228 e. The number of H-pyrrole nitrogens is 2. The predicted molar refractivity (Wildman–Crippen MR) is 115 cm³/mol. The number of carbonyl (C=O) groups is 1. The van der Waals surface area contributed by atoms with Gasteiger partial charge in [-0.3, -0.25) is 9.89 Å². The second kappa shape index (κ2) is 7.00. The average molecular weight is 388 g/mol. The number of nitrogens with zero attached hydrogens (tertiary/aromatic N) is 2. The molecular formula is C22H24N6O. The first-order valence-corrected chi connectivity index (χ1v) is 10.1. The van der Waals surface area contributed by atoms with Gasteiger partial charge in [-0.1, -0.05) is 13.8 Å². The zero-order chi connectivity index (χ0) is 20.0. The maximum atomic E-state index is 12.5. The molecule has 1 aliphatic heterocycles. The molecule has 4 heterocycles. The first-order chi connectivity index (χ1) is 14.1. The lowest BCUT2D eigenvalue weighted by atomic mass is 9.95. The molecule has 1 atom stereocenters. The highest BCUT2D eigenvalue weighted by Gasteiger charge is 2.23. The van der Waals surface area contributed by atoms with Crippen molar-refractivity contribution >= 4 is 33.5 Å².